The van der Waals surface area contributed by atoms with Gasteiger partial charge in [0.05, 0.1) is 0 Å². The molecule has 0 heterocycles. The average molecular weight is 191 g/mol. The fraction of sp³-hybridized carbons (Fsp3) is 0.500. The van der Waals surface area contributed by atoms with Crippen molar-refractivity contribution in [2.45, 2.75) is 37.6 Å². The molecule has 1 aromatic rings. The van der Waals surface area contributed by atoms with E-state index >= 15 is 0 Å². The number of aryl methyl sites for hydroxylation is 1. The van der Waals surface area contributed by atoms with Gasteiger partial charge in [-0.15, -0.1) is 0 Å². The van der Waals surface area contributed by atoms with Gasteiger partial charge in [-0.2, -0.15) is 0 Å². The van der Waals surface area contributed by atoms with Gasteiger partial charge in [0.25, 0.3) is 0 Å². The van der Waals surface area contributed by atoms with Crippen LogP contribution in [0.3, 0.4) is 0 Å². The van der Waals surface area contributed by atoms with Crippen LogP contribution in [-0.4, -0.2) is 10.6 Å². The summed E-state index contributed by atoms with van der Waals surface area (Å²) in [5, 5.41) is 9.12. The van der Waals surface area contributed by atoms with Crippen LogP contribution in [0.25, 0.3) is 0 Å². The van der Waals surface area contributed by atoms with Crippen molar-refractivity contribution in [3.63, 3.8) is 0 Å². The number of aromatic hydroxyl groups is 1. The minimum atomic E-state index is 0.109. The summed E-state index contributed by atoms with van der Waals surface area (Å²) in [5.74, 6) is 0.333. The minimum absolute atomic E-state index is 0.109. The van der Waals surface area contributed by atoms with Crippen molar-refractivity contribution < 1.29 is 5.11 Å². The van der Waals surface area contributed by atoms with E-state index in [1.807, 2.05) is 12.1 Å². The Kier molecular flexibility index (Phi) is 2.46. The second kappa shape index (κ2) is 3.62. The number of benzene rings is 1. The van der Waals surface area contributed by atoms with Crippen LogP contribution in [0.5, 0.6) is 5.75 Å². The molecule has 1 aromatic carbocycles. The zero-order chi connectivity index (χ0) is 10.0. The SMILES string of the molecule is NC1(CCc2ccc(O)cc2)CCC1. The van der Waals surface area contributed by atoms with Gasteiger partial charge in [-0.3, -0.25) is 0 Å². The van der Waals surface area contributed by atoms with E-state index in [4.69, 9.17) is 10.8 Å². The quantitative estimate of drug-likeness (QED) is 0.769. The van der Waals surface area contributed by atoms with E-state index in [-0.39, 0.29) is 5.54 Å². The standard InChI is InChI=1S/C12H17NO/c13-12(7-1-8-12)9-6-10-2-4-11(14)5-3-10/h2-5,14H,1,6-9,13H2. The van der Waals surface area contributed by atoms with Crippen LogP contribution < -0.4 is 5.73 Å². The minimum Gasteiger partial charge on any atom is -0.508 e. The van der Waals surface area contributed by atoms with E-state index < -0.39 is 0 Å². The number of hydrogen-bond donors (Lipinski definition) is 2. The van der Waals surface area contributed by atoms with Crippen molar-refractivity contribution in [1.82, 2.24) is 0 Å². The van der Waals surface area contributed by atoms with Crippen molar-refractivity contribution >= 4 is 0 Å². The number of phenolic OH excluding ortho intramolecular Hbond substituents is 1. The highest BCUT2D eigenvalue weighted by Crippen LogP contribution is 2.33. The molecule has 2 heteroatoms. The van der Waals surface area contributed by atoms with Crippen LogP contribution in [0.15, 0.2) is 24.3 Å². The number of rotatable bonds is 3. The second-order valence-electron chi connectivity index (χ2n) is 4.38. The predicted octanol–water partition coefficient (Wildman–Crippen LogP) is 2.21. The summed E-state index contributed by atoms with van der Waals surface area (Å²) in [5.41, 5.74) is 7.50. The van der Waals surface area contributed by atoms with Gasteiger partial charge in [-0.1, -0.05) is 12.1 Å². The zero-order valence-electron chi connectivity index (χ0n) is 8.37. The Labute approximate surface area is 84.7 Å². The lowest BCUT2D eigenvalue weighted by molar-refractivity contribution is 0.232. The highest BCUT2D eigenvalue weighted by molar-refractivity contribution is 5.26. The Morgan fingerprint density at radius 3 is 2.36 bits per heavy atom. The van der Waals surface area contributed by atoms with Gasteiger partial charge in [-0.25, -0.2) is 0 Å². The maximum absolute atomic E-state index is 9.12. The third-order valence-corrected chi connectivity index (χ3v) is 3.20. The van der Waals surface area contributed by atoms with Crippen molar-refractivity contribution in [2.75, 3.05) is 0 Å². The third-order valence-electron chi connectivity index (χ3n) is 3.20. The normalized spacial score (nSPS) is 18.9. The Bertz CT molecular complexity index is 301. The lowest BCUT2D eigenvalue weighted by Crippen LogP contribution is -2.46. The molecule has 1 saturated carbocycles. The Balaban J connectivity index is 1.88. The molecule has 3 N–H and O–H groups in total. The first-order valence-corrected chi connectivity index (χ1v) is 5.25. The topological polar surface area (TPSA) is 46.2 Å². The molecule has 0 saturated heterocycles. The lowest BCUT2D eigenvalue weighted by Gasteiger charge is -2.38. The number of nitrogens with two attached hydrogens (primary N) is 1. The molecule has 1 fully saturated rings. The van der Waals surface area contributed by atoms with E-state index in [1.165, 1.54) is 24.8 Å². The molecule has 14 heavy (non-hydrogen) atoms. The van der Waals surface area contributed by atoms with Gasteiger partial charge in [0.15, 0.2) is 0 Å². The molecule has 2 rings (SSSR count). The first-order valence-electron chi connectivity index (χ1n) is 5.25. The van der Waals surface area contributed by atoms with Crippen LogP contribution in [-0.2, 0) is 6.42 Å². The van der Waals surface area contributed by atoms with E-state index in [0.717, 1.165) is 12.8 Å². The largest absolute Gasteiger partial charge is 0.508 e. The Morgan fingerprint density at radius 1 is 1.21 bits per heavy atom. The first-order chi connectivity index (χ1) is 6.68. The van der Waals surface area contributed by atoms with E-state index in [0.29, 0.717) is 5.75 Å². The van der Waals surface area contributed by atoms with Gasteiger partial charge in [0, 0.05) is 5.54 Å². The summed E-state index contributed by atoms with van der Waals surface area (Å²) in [6.07, 6.45) is 5.72. The molecule has 0 amide bonds. The van der Waals surface area contributed by atoms with Gasteiger partial charge < -0.3 is 10.8 Å². The van der Waals surface area contributed by atoms with E-state index in [2.05, 4.69) is 0 Å². The van der Waals surface area contributed by atoms with Gasteiger partial charge in [0.1, 0.15) is 5.75 Å². The Hall–Kier alpha value is -1.02. The van der Waals surface area contributed by atoms with Crippen LogP contribution in [0.2, 0.25) is 0 Å². The molecule has 0 bridgehead atoms. The zero-order valence-corrected chi connectivity index (χ0v) is 8.37. The molecule has 1 aliphatic rings. The van der Waals surface area contributed by atoms with Crippen LogP contribution in [0.1, 0.15) is 31.2 Å². The summed E-state index contributed by atoms with van der Waals surface area (Å²) in [6.45, 7) is 0. The van der Waals surface area contributed by atoms with Crippen molar-refractivity contribution in [2.24, 2.45) is 5.73 Å². The molecule has 0 spiro atoms. The first kappa shape index (κ1) is 9.53. The summed E-state index contributed by atoms with van der Waals surface area (Å²) in [7, 11) is 0. The molecule has 0 radical (unpaired) electrons. The van der Waals surface area contributed by atoms with E-state index in [9.17, 15) is 0 Å². The van der Waals surface area contributed by atoms with Crippen LogP contribution in [0.4, 0.5) is 0 Å². The summed E-state index contributed by atoms with van der Waals surface area (Å²) in [6, 6.07) is 7.41. The molecular formula is C12H17NO. The predicted molar refractivity (Wildman–Crippen MR) is 57.2 cm³/mol. The fourth-order valence-corrected chi connectivity index (χ4v) is 1.94. The number of hydrogen-bond acceptors (Lipinski definition) is 2. The number of phenols is 1. The molecule has 0 aromatic heterocycles. The van der Waals surface area contributed by atoms with Crippen molar-refractivity contribution in [3.05, 3.63) is 29.8 Å². The molecule has 0 atom stereocenters. The van der Waals surface area contributed by atoms with Crippen molar-refractivity contribution in [1.29, 1.82) is 0 Å². The summed E-state index contributed by atoms with van der Waals surface area (Å²) in [4.78, 5) is 0. The van der Waals surface area contributed by atoms with Gasteiger partial charge >= 0.3 is 0 Å². The molecule has 1 aliphatic carbocycles. The summed E-state index contributed by atoms with van der Waals surface area (Å²) < 4.78 is 0. The maximum atomic E-state index is 9.12. The Morgan fingerprint density at radius 2 is 1.86 bits per heavy atom. The smallest absolute Gasteiger partial charge is 0.115 e. The molecule has 2 nitrogen and oxygen atoms in total. The van der Waals surface area contributed by atoms with Crippen LogP contribution >= 0.6 is 0 Å². The maximum Gasteiger partial charge on any atom is 0.115 e. The van der Waals surface area contributed by atoms with E-state index in [1.54, 1.807) is 12.1 Å². The third kappa shape index (κ3) is 2.07. The molecule has 0 unspecified atom stereocenters. The molecular weight excluding hydrogens is 174 g/mol. The fourth-order valence-electron chi connectivity index (χ4n) is 1.94. The lowest BCUT2D eigenvalue weighted by atomic mass is 9.74. The van der Waals surface area contributed by atoms with Gasteiger partial charge in [-0.05, 0) is 49.8 Å². The van der Waals surface area contributed by atoms with Crippen LogP contribution in [0, 0.1) is 0 Å². The highest BCUT2D eigenvalue weighted by Gasteiger charge is 2.31. The molecule has 0 aliphatic heterocycles. The molecule has 76 valence electrons. The van der Waals surface area contributed by atoms with Crippen molar-refractivity contribution in [3.8, 4) is 5.75 Å². The average Bonchev–Trinajstić information content (AvgIpc) is 2.14. The monoisotopic (exact) mass is 191 g/mol. The highest BCUT2D eigenvalue weighted by atomic mass is 16.3. The summed E-state index contributed by atoms with van der Waals surface area (Å²) >= 11 is 0. The van der Waals surface area contributed by atoms with Gasteiger partial charge in [0.2, 0.25) is 0 Å². The second-order valence-corrected chi connectivity index (χ2v) is 4.38.